The number of hydrogen-bond acceptors (Lipinski definition) is 4. The van der Waals surface area contributed by atoms with Gasteiger partial charge in [-0.05, 0) is 50.3 Å². The van der Waals surface area contributed by atoms with Gasteiger partial charge in [-0.1, -0.05) is 43.5 Å². The van der Waals surface area contributed by atoms with E-state index in [0.717, 1.165) is 37.7 Å². The number of carboxylic acids is 1. The van der Waals surface area contributed by atoms with Gasteiger partial charge in [-0.25, -0.2) is 4.79 Å². The van der Waals surface area contributed by atoms with Gasteiger partial charge in [-0.15, -0.1) is 0 Å². The molecule has 3 rings (SSSR count). The van der Waals surface area contributed by atoms with Crippen LogP contribution in [0, 0.1) is 5.92 Å². The number of nitrogens with one attached hydrogen (secondary N) is 2. The summed E-state index contributed by atoms with van der Waals surface area (Å²) in [6.45, 7) is 2.09. The topological polar surface area (TPSA) is 98.7 Å². The lowest BCUT2D eigenvalue weighted by atomic mass is 9.82. The number of likely N-dealkylation sites (N-methyl/N-ethyl adjacent to an activating group) is 1. The third-order valence-electron chi connectivity index (χ3n) is 6.31. The van der Waals surface area contributed by atoms with E-state index in [9.17, 15) is 19.5 Å². The van der Waals surface area contributed by atoms with E-state index in [1.54, 1.807) is 26.1 Å². The van der Waals surface area contributed by atoms with Crippen molar-refractivity contribution < 1.29 is 19.5 Å². The number of hydrogen-bond donors (Lipinski definition) is 3. The van der Waals surface area contributed by atoms with E-state index >= 15 is 0 Å². The number of fused-ring (bicyclic) bond motifs is 1. The highest BCUT2D eigenvalue weighted by Crippen LogP contribution is 2.33. The Morgan fingerprint density at radius 1 is 1.14 bits per heavy atom. The smallest absolute Gasteiger partial charge is 0.331 e. The van der Waals surface area contributed by atoms with Gasteiger partial charge in [0.2, 0.25) is 11.8 Å². The monoisotopic (exact) mass is 401 g/mol. The number of carbonyl (C=O) groups excluding carboxylic acids is 2. The van der Waals surface area contributed by atoms with Crippen molar-refractivity contribution in [2.75, 3.05) is 13.6 Å². The van der Waals surface area contributed by atoms with Crippen molar-refractivity contribution in [2.24, 2.45) is 5.92 Å². The van der Waals surface area contributed by atoms with Crippen molar-refractivity contribution in [1.82, 2.24) is 15.5 Å². The molecule has 3 atom stereocenters. The number of rotatable bonds is 6. The van der Waals surface area contributed by atoms with Crippen molar-refractivity contribution in [3.05, 3.63) is 35.4 Å². The first kappa shape index (κ1) is 21.3. The predicted octanol–water partition coefficient (Wildman–Crippen LogP) is 1.87. The lowest BCUT2D eigenvalue weighted by Gasteiger charge is -2.39. The summed E-state index contributed by atoms with van der Waals surface area (Å²) in [5, 5.41) is 15.7. The number of carbonyl (C=O) groups is 3. The van der Waals surface area contributed by atoms with E-state index in [1.165, 1.54) is 4.90 Å². The molecule has 1 aliphatic carbocycles. The molecule has 7 nitrogen and oxygen atoms in total. The van der Waals surface area contributed by atoms with Gasteiger partial charge in [0, 0.05) is 6.54 Å². The zero-order valence-electron chi connectivity index (χ0n) is 17.2. The van der Waals surface area contributed by atoms with E-state index in [2.05, 4.69) is 10.6 Å². The molecule has 1 fully saturated rings. The first-order valence-corrected chi connectivity index (χ1v) is 10.5. The molecule has 29 heavy (non-hydrogen) atoms. The molecule has 1 aromatic carbocycles. The van der Waals surface area contributed by atoms with Crippen LogP contribution in [-0.4, -0.2) is 53.5 Å². The molecular weight excluding hydrogens is 370 g/mol. The van der Waals surface area contributed by atoms with Crippen LogP contribution in [0.3, 0.4) is 0 Å². The van der Waals surface area contributed by atoms with Crippen LogP contribution in [0.1, 0.15) is 56.2 Å². The highest BCUT2D eigenvalue weighted by Gasteiger charge is 2.41. The number of carboxylic acid groups (broad SMARTS) is 1. The molecule has 2 unspecified atom stereocenters. The van der Waals surface area contributed by atoms with E-state index in [4.69, 9.17) is 0 Å². The summed E-state index contributed by atoms with van der Waals surface area (Å²) in [6, 6.07) is 5.26. The van der Waals surface area contributed by atoms with Crippen LogP contribution < -0.4 is 10.6 Å². The summed E-state index contributed by atoms with van der Waals surface area (Å²) in [4.78, 5) is 39.7. The molecule has 0 saturated heterocycles. The van der Waals surface area contributed by atoms with Crippen molar-refractivity contribution in [3.8, 4) is 0 Å². The Kier molecular flexibility index (Phi) is 6.90. The van der Waals surface area contributed by atoms with Crippen molar-refractivity contribution in [3.63, 3.8) is 0 Å². The summed E-state index contributed by atoms with van der Waals surface area (Å²) < 4.78 is 0. The Morgan fingerprint density at radius 2 is 1.83 bits per heavy atom. The van der Waals surface area contributed by atoms with Crippen LogP contribution in [0.2, 0.25) is 0 Å². The second kappa shape index (κ2) is 9.39. The van der Waals surface area contributed by atoms with Gasteiger partial charge in [-0.2, -0.15) is 0 Å². The maximum atomic E-state index is 13.6. The van der Waals surface area contributed by atoms with Crippen LogP contribution in [0.25, 0.3) is 0 Å². The Balaban J connectivity index is 1.89. The third kappa shape index (κ3) is 4.61. The van der Waals surface area contributed by atoms with Gasteiger partial charge in [0.05, 0.1) is 6.04 Å². The fourth-order valence-corrected chi connectivity index (χ4v) is 4.51. The van der Waals surface area contributed by atoms with Crippen molar-refractivity contribution in [2.45, 2.75) is 63.6 Å². The molecular formula is C22H31N3O4. The van der Waals surface area contributed by atoms with Crippen LogP contribution >= 0.6 is 0 Å². The van der Waals surface area contributed by atoms with Gasteiger partial charge in [0.25, 0.3) is 0 Å². The van der Waals surface area contributed by atoms with E-state index < -0.39 is 24.1 Å². The Morgan fingerprint density at radius 3 is 2.48 bits per heavy atom. The Bertz CT molecular complexity index is 760. The quantitative estimate of drug-likeness (QED) is 0.676. The van der Waals surface area contributed by atoms with E-state index in [0.29, 0.717) is 18.5 Å². The minimum absolute atomic E-state index is 0.0378. The summed E-state index contributed by atoms with van der Waals surface area (Å²) in [5.41, 5.74) is 1.63. The molecule has 0 bridgehead atoms. The third-order valence-corrected chi connectivity index (χ3v) is 6.31. The number of aliphatic carboxylic acids is 1. The molecule has 1 heterocycles. The lowest BCUT2D eigenvalue weighted by Crippen LogP contribution is -2.57. The van der Waals surface area contributed by atoms with Gasteiger partial charge in [0.1, 0.15) is 6.04 Å². The predicted molar refractivity (Wildman–Crippen MR) is 109 cm³/mol. The molecule has 0 radical (unpaired) electrons. The van der Waals surface area contributed by atoms with Gasteiger partial charge < -0.3 is 20.6 Å². The van der Waals surface area contributed by atoms with Crippen molar-refractivity contribution in [1.29, 1.82) is 0 Å². The van der Waals surface area contributed by atoms with E-state index in [-0.39, 0.29) is 17.7 Å². The second-order valence-corrected chi connectivity index (χ2v) is 8.12. The average Bonchev–Trinajstić information content (AvgIpc) is 2.75. The van der Waals surface area contributed by atoms with Gasteiger partial charge in [-0.3, -0.25) is 9.59 Å². The zero-order chi connectivity index (χ0) is 21.0. The maximum Gasteiger partial charge on any atom is 0.331 e. The molecule has 1 saturated carbocycles. The van der Waals surface area contributed by atoms with Crippen molar-refractivity contribution >= 4 is 17.8 Å². The van der Waals surface area contributed by atoms with E-state index in [1.807, 2.05) is 12.1 Å². The maximum absolute atomic E-state index is 13.6. The Hall–Kier alpha value is -2.41. The molecule has 3 N–H and O–H groups in total. The largest absolute Gasteiger partial charge is 0.479 e. The average molecular weight is 402 g/mol. The zero-order valence-corrected chi connectivity index (χ0v) is 17.2. The van der Waals surface area contributed by atoms with Gasteiger partial charge in [0.15, 0.2) is 6.04 Å². The molecule has 1 aromatic rings. The fraction of sp³-hybridized carbons (Fsp3) is 0.591. The molecule has 0 spiro atoms. The summed E-state index contributed by atoms with van der Waals surface area (Å²) >= 11 is 0. The molecule has 2 aliphatic rings. The number of nitrogens with zero attached hydrogens (tertiary/aromatic N) is 1. The SMILES string of the molecule is CNC(C)C(=O)NC(C(=O)N1CCc2ccccc2[C@H]1C(=O)O)C1CCCCC1. The summed E-state index contributed by atoms with van der Waals surface area (Å²) in [6.07, 6.45) is 5.53. The number of amides is 2. The highest BCUT2D eigenvalue weighted by molar-refractivity contribution is 5.92. The highest BCUT2D eigenvalue weighted by atomic mass is 16.4. The number of benzene rings is 1. The van der Waals surface area contributed by atoms with Crippen LogP contribution in [0.4, 0.5) is 0 Å². The van der Waals surface area contributed by atoms with Crippen LogP contribution in [-0.2, 0) is 20.8 Å². The minimum Gasteiger partial charge on any atom is -0.479 e. The fourth-order valence-electron chi connectivity index (χ4n) is 4.51. The summed E-state index contributed by atoms with van der Waals surface area (Å²) in [7, 11) is 1.70. The minimum atomic E-state index is -1.04. The first-order valence-electron chi connectivity index (χ1n) is 10.5. The first-order chi connectivity index (χ1) is 13.9. The summed E-state index contributed by atoms with van der Waals surface area (Å²) in [5.74, 6) is -1.52. The van der Waals surface area contributed by atoms with Crippen LogP contribution in [0.5, 0.6) is 0 Å². The van der Waals surface area contributed by atoms with Crippen LogP contribution in [0.15, 0.2) is 24.3 Å². The van der Waals surface area contributed by atoms with Gasteiger partial charge >= 0.3 is 5.97 Å². The molecule has 7 heteroatoms. The molecule has 2 amide bonds. The lowest BCUT2D eigenvalue weighted by molar-refractivity contribution is -0.153. The standard InChI is InChI=1S/C22H31N3O4/c1-14(23-2)20(26)24-18(16-9-4-3-5-10-16)21(27)25-13-12-15-8-6-7-11-17(15)19(25)22(28)29/h6-8,11,14,16,18-19,23H,3-5,9-10,12-13H2,1-2H3,(H,24,26)(H,28,29)/t14?,18?,19-/m0/s1. The molecule has 1 aliphatic heterocycles. The normalized spacial score (nSPS) is 21.7. The molecule has 158 valence electrons. The Labute approximate surface area is 171 Å². The second-order valence-electron chi connectivity index (χ2n) is 8.12. The molecule has 0 aromatic heterocycles.